The van der Waals surface area contributed by atoms with Gasteiger partial charge in [-0.1, -0.05) is 82.3 Å². The standard InChI is InChI=1S/C19H28BN/c1-3-5-14-19(21-18-12-8-7-9-13-18)15-10-11-17-20(19)16-6-4-2/h7-13,15,17,21H,3-6,14,16H2,1-2H3. The maximum absolute atomic E-state index is 3.85. The molecule has 2 rings (SSSR count). The van der Waals surface area contributed by atoms with Crippen molar-refractivity contribution in [1.29, 1.82) is 0 Å². The SMILES string of the molecule is CCCCB1C=CC=CC1(CCCC)Nc1ccccc1. The van der Waals surface area contributed by atoms with Gasteiger partial charge in [0.1, 0.15) is 0 Å². The molecule has 0 aromatic heterocycles. The van der Waals surface area contributed by atoms with E-state index >= 15 is 0 Å². The largest absolute Gasteiger partial charge is 0.383 e. The van der Waals surface area contributed by atoms with Gasteiger partial charge in [0.2, 0.25) is 6.71 Å². The first kappa shape index (κ1) is 15.9. The fourth-order valence-corrected chi connectivity index (χ4v) is 3.22. The number of nitrogens with one attached hydrogen (secondary N) is 1. The predicted octanol–water partition coefficient (Wildman–Crippen LogP) is 5.53. The molecular weight excluding hydrogens is 253 g/mol. The second-order valence-electron chi connectivity index (χ2n) is 6.13. The van der Waals surface area contributed by atoms with Crippen LogP contribution in [0.3, 0.4) is 0 Å². The highest BCUT2D eigenvalue weighted by Gasteiger charge is 2.37. The Hall–Kier alpha value is -1.44. The van der Waals surface area contributed by atoms with Gasteiger partial charge >= 0.3 is 0 Å². The fraction of sp³-hybridized carbons (Fsp3) is 0.474. The first-order valence-corrected chi connectivity index (χ1v) is 8.50. The number of hydrogen-bond donors (Lipinski definition) is 1. The van der Waals surface area contributed by atoms with E-state index in [2.05, 4.69) is 73.7 Å². The lowest BCUT2D eigenvalue weighted by Gasteiger charge is -2.39. The number of unbranched alkanes of at least 4 members (excludes halogenated alkanes) is 2. The van der Waals surface area contributed by atoms with Gasteiger partial charge in [0.25, 0.3) is 0 Å². The van der Waals surface area contributed by atoms with Crippen LogP contribution in [0, 0.1) is 0 Å². The minimum absolute atomic E-state index is 0.0846. The molecule has 1 aromatic rings. The Labute approximate surface area is 130 Å². The summed E-state index contributed by atoms with van der Waals surface area (Å²) in [5.41, 5.74) is 1.32. The maximum Gasteiger partial charge on any atom is 0.201 e. The zero-order chi connectivity index (χ0) is 15.0. The van der Waals surface area contributed by atoms with E-state index in [1.807, 2.05) is 0 Å². The van der Waals surface area contributed by atoms with Crippen molar-refractivity contribution in [1.82, 2.24) is 0 Å². The van der Waals surface area contributed by atoms with Gasteiger partial charge in [-0.25, -0.2) is 0 Å². The summed E-state index contributed by atoms with van der Waals surface area (Å²) in [4.78, 5) is 0. The summed E-state index contributed by atoms with van der Waals surface area (Å²) in [6, 6.07) is 10.7. The maximum atomic E-state index is 3.85. The average Bonchev–Trinajstić information content (AvgIpc) is 2.53. The molecule has 2 heteroatoms. The van der Waals surface area contributed by atoms with Crippen molar-refractivity contribution in [2.24, 2.45) is 0 Å². The number of benzene rings is 1. The van der Waals surface area contributed by atoms with E-state index in [9.17, 15) is 0 Å². The van der Waals surface area contributed by atoms with Crippen LogP contribution in [0.25, 0.3) is 0 Å². The van der Waals surface area contributed by atoms with Crippen LogP contribution in [-0.4, -0.2) is 12.2 Å². The summed E-state index contributed by atoms with van der Waals surface area (Å²) in [7, 11) is 0. The molecule has 1 aromatic carbocycles. The molecule has 1 N–H and O–H groups in total. The highest BCUT2D eigenvalue weighted by atomic mass is 15.0. The van der Waals surface area contributed by atoms with E-state index in [-0.39, 0.29) is 5.44 Å². The number of rotatable bonds is 8. The minimum Gasteiger partial charge on any atom is -0.383 e. The lowest BCUT2D eigenvalue weighted by Crippen LogP contribution is -2.51. The highest BCUT2D eigenvalue weighted by molar-refractivity contribution is 6.69. The third-order valence-corrected chi connectivity index (χ3v) is 4.47. The first-order valence-electron chi connectivity index (χ1n) is 8.50. The van der Waals surface area contributed by atoms with Crippen molar-refractivity contribution in [3.05, 3.63) is 54.5 Å². The van der Waals surface area contributed by atoms with Gasteiger partial charge in [0.05, 0.1) is 0 Å². The zero-order valence-corrected chi connectivity index (χ0v) is 13.5. The summed E-state index contributed by atoms with van der Waals surface area (Å²) >= 11 is 0. The lowest BCUT2D eigenvalue weighted by molar-refractivity contribution is 0.620. The second kappa shape index (κ2) is 8.12. The Morgan fingerprint density at radius 3 is 2.48 bits per heavy atom. The Bertz CT molecular complexity index is 466. The Morgan fingerprint density at radius 1 is 1.00 bits per heavy atom. The second-order valence-corrected chi connectivity index (χ2v) is 6.13. The average molecular weight is 281 g/mol. The fourth-order valence-electron chi connectivity index (χ4n) is 3.22. The van der Waals surface area contributed by atoms with Crippen LogP contribution < -0.4 is 5.32 Å². The molecule has 1 heterocycles. The molecule has 0 saturated carbocycles. The molecule has 1 unspecified atom stereocenters. The van der Waals surface area contributed by atoms with Crippen LogP contribution in [0.15, 0.2) is 54.5 Å². The van der Waals surface area contributed by atoms with E-state index in [0.29, 0.717) is 6.71 Å². The summed E-state index contributed by atoms with van der Waals surface area (Å²) in [5, 5.41) is 3.85. The number of hydrogen-bond acceptors (Lipinski definition) is 1. The summed E-state index contributed by atoms with van der Waals surface area (Å²) in [5.74, 6) is 2.40. The van der Waals surface area contributed by atoms with Crippen LogP contribution in [0.2, 0.25) is 6.32 Å². The van der Waals surface area contributed by atoms with Gasteiger partial charge in [0, 0.05) is 11.1 Å². The topological polar surface area (TPSA) is 12.0 Å². The summed E-state index contributed by atoms with van der Waals surface area (Å²) in [6.07, 6.45) is 14.4. The van der Waals surface area contributed by atoms with Crippen LogP contribution in [0.5, 0.6) is 0 Å². The van der Waals surface area contributed by atoms with Crippen molar-refractivity contribution in [2.75, 3.05) is 5.32 Å². The van der Waals surface area contributed by atoms with E-state index in [1.165, 1.54) is 44.1 Å². The zero-order valence-electron chi connectivity index (χ0n) is 13.5. The third kappa shape index (κ3) is 4.26. The van der Waals surface area contributed by atoms with Crippen molar-refractivity contribution in [3.63, 3.8) is 0 Å². The third-order valence-electron chi connectivity index (χ3n) is 4.47. The van der Waals surface area contributed by atoms with Gasteiger partial charge in [-0.05, 0) is 18.6 Å². The lowest BCUT2D eigenvalue weighted by atomic mass is 9.32. The molecular formula is C19H28BN. The molecule has 1 aliphatic heterocycles. The monoisotopic (exact) mass is 281 g/mol. The molecule has 1 aliphatic rings. The molecule has 0 spiro atoms. The van der Waals surface area contributed by atoms with Crippen LogP contribution in [0.1, 0.15) is 46.0 Å². The molecule has 1 atom stereocenters. The Kier molecular flexibility index (Phi) is 6.16. The van der Waals surface area contributed by atoms with Gasteiger partial charge in [-0.3, -0.25) is 0 Å². The molecule has 0 radical (unpaired) electrons. The van der Waals surface area contributed by atoms with Crippen molar-refractivity contribution >= 4 is 12.4 Å². The summed E-state index contributed by atoms with van der Waals surface area (Å²) < 4.78 is 0. The van der Waals surface area contributed by atoms with Gasteiger partial charge < -0.3 is 5.32 Å². The normalized spacial score (nSPS) is 20.8. The molecule has 0 aliphatic carbocycles. The first-order chi connectivity index (χ1) is 10.3. The minimum atomic E-state index is 0.0846. The highest BCUT2D eigenvalue weighted by Crippen LogP contribution is 2.31. The molecule has 0 saturated heterocycles. The Morgan fingerprint density at radius 2 is 1.76 bits per heavy atom. The Balaban J connectivity index is 2.21. The smallest absolute Gasteiger partial charge is 0.201 e. The number of para-hydroxylation sites is 1. The van der Waals surface area contributed by atoms with Gasteiger partial charge in [0.15, 0.2) is 0 Å². The quantitative estimate of drug-likeness (QED) is 0.618. The van der Waals surface area contributed by atoms with E-state index in [4.69, 9.17) is 0 Å². The van der Waals surface area contributed by atoms with Crippen molar-refractivity contribution in [2.45, 2.75) is 57.7 Å². The predicted molar refractivity (Wildman–Crippen MR) is 96.1 cm³/mol. The molecule has 0 amide bonds. The van der Waals surface area contributed by atoms with E-state index in [0.717, 1.165) is 0 Å². The number of allylic oxidation sites excluding steroid dienone is 2. The van der Waals surface area contributed by atoms with Crippen molar-refractivity contribution < 1.29 is 0 Å². The van der Waals surface area contributed by atoms with Crippen molar-refractivity contribution in [3.8, 4) is 0 Å². The van der Waals surface area contributed by atoms with Crippen LogP contribution in [-0.2, 0) is 0 Å². The van der Waals surface area contributed by atoms with Gasteiger partial charge in [-0.15, -0.1) is 5.98 Å². The molecule has 0 fully saturated rings. The molecule has 21 heavy (non-hydrogen) atoms. The van der Waals surface area contributed by atoms with E-state index < -0.39 is 0 Å². The van der Waals surface area contributed by atoms with Crippen LogP contribution in [0.4, 0.5) is 5.69 Å². The molecule has 0 bridgehead atoms. The summed E-state index contributed by atoms with van der Waals surface area (Å²) in [6.45, 7) is 5.15. The molecule has 112 valence electrons. The number of anilines is 1. The van der Waals surface area contributed by atoms with Gasteiger partial charge in [-0.2, -0.15) is 0 Å². The van der Waals surface area contributed by atoms with E-state index in [1.54, 1.807) is 0 Å². The molecule has 1 nitrogen and oxygen atoms in total. The van der Waals surface area contributed by atoms with Crippen LogP contribution >= 0.6 is 0 Å².